The molecule has 2 rings (SSSR count). The second kappa shape index (κ2) is 5.80. The Morgan fingerprint density at radius 2 is 2.12 bits per heavy atom. The Balaban J connectivity index is 1.84. The Hall–Kier alpha value is -0.650. The molecule has 5 nitrogen and oxygen atoms in total. The summed E-state index contributed by atoms with van der Waals surface area (Å²) in [5.74, 6) is 0.168. The molecule has 2 atom stereocenters. The van der Waals surface area contributed by atoms with Crippen molar-refractivity contribution in [3.8, 4) is 0 Å². The average Bonchev–Trinajstić information content (AvgIpc) is 2.87. The summed E-state index contributed by atoms with van der Waals surface area (Å²) in [6.07, 6.45) is 1.09. The molecule has 0 aromatic rings. The third kappa shape index (κ3) is 2.97. The van der Waals surface area contributed by atoms with Crippen LogP contribution in [0.15, 0.2) is 0 Å². The summed E-state index contributed by atoms with van der Waals surface area (Å²) in [6, 6.07) is 0.521. The minimum Gasteiger partial charge on any atom is -0.379 e. The third-order valence-electron chi connectivity index (χ3n) is 3.81. The fraction of sp³-hybridized carbons (Fsp3) is 0.917. The molecule has 0 aromatic heterocycles. The molecule has 0 spiro atoms. The number of nitrogens with two attached hydrogens (primary N) is 1. The number of rotatable bonds is 3. The van der Waals surface area contributed by atoms with Crippen LogP contribution in [0.3, 0.4) is 0 Å². The summed E-state index contributed by atoms with van der Waals surface area (Å²) in [5.41, 5.74) is 5.54. The van der Waals surface area contributed by atoms with Crippen LogP contribution in [0.5, 0.6) is 0 Å². The van der Waals surface area contributed by atoms with Crippen molar-refractivity contribution < 1.29 is 9.53 Å². The highest BCUT2D eigenvalue weighted by molar-refractivity contribution is 5.79. The lowest BCUT2D eigenvalue weighted by Crippen LogP contribution is -2.45. The standard InChI is InChI=1S/C12H23N3O2/c1-10(8-13)12(16)15-3-2-11(9-15)14-4-6-17-7-5-14/h10-11H,2-9,13H2,1H3. The Bertz CT molecular complexity index is 266. The summed E-state index contributed by atoms with van der Waals surface area (Å²) in [7, 11) is 0. The first-order chi connectivity index (χ1) is 8.22. The molecule has 2 saturated heterocycles. The van der Waals surface area contributed by atoms with Gasteiger partial charge in [0.25, 0.3) is 0 Å². The maximum absolute atomic E-state index is 12.0. The van der Waals surface area contributed by atoms with E-state index in [4.69, 9.17) is 10.5 Å². The number of ether oxygens (including phenoxy) is 1. The highest BCUT2D eigenvalue weighted by Gasteiger charge is 2.32. The molecule has 0 saturated carbocycles. The van der Waals surface area contributed by atoms with Crippen LogP contribution in [0.4, 0.5) is 0 Å². The number of carbonyl (C=O) groups is 1. The van der Waals surface area contributed by atoms with Crippen LogP contribution in [0.1, 0.15) is 13.3 Å². The van der Waals surface area contributed by atoms with Crippen molar-refractivity contribution in [1.29, 1.82) is 0 Å². The Labute approximate surface area is 103 Å². The fourth-order valence-corrected chi connectivity index (χ4v) is 2.60. The van der Waals surface area contributed by atoms with Gasteiger partial charge in [-0.3, -0.25) is 9.69 Å². The number of hydrogen-bond donors (Lipinski definition) is 1. The molecule has 17 heavy (non-hydrogen) atoms. The molecule has 0 bridgehead atoms. The number of morpholine rings is 1. The summed E-state index contributed by atoms with van der Waals surface area (Å²) in [4.78, 5) is 16.4. The maximum Gasteiger partial charge on any atom is 0.226 e. The average molecular weight is 241 g/mol. The van der Waals surface area contributed by atoms with Crippen molar-refractivity contribution in [2.75, 3.05) is 45.9 Å². The number of amides is 1. The van der Waals surface area contributed by atoms with Crippen molar-refractivity contribution in [3.05, 3.63) is 0 Å². The highest BCUT2D eigenvalue weighted by atomic mass is 16.5. The van der Waals surface area contributed by atoms with Crippen LogP contribution >= 0.6 is 0 Å². The SMILES string of the molecule is CC(CN)C(=O)N1CCC(N2CCOCC2)C1. The van der Waals surface area contributed by atoms with Crippen LogP contribution in [-0.2, 0) is 9.53 Å². The van der Waals surface area contributed by atoms with Crippen molar-refractivity contribution in [2.45, 2.75) is 19.4 Å². The Kier molecular flexibility index (Phi) is 4.36. The van der Waals surface area contributed by atoms with Gasteiger partial charge in [-0.05, 0) is 6.42 Å². The van der Waals surface area contributed by atoms with Gasteiger partial charge in [-0.1, -0.05) is 6.92 Å². The lowest BCUT2D eigenvalue weighted by molar-refractivity contribution is -0.133. The van der Waals surface area contributed by atoms with Gasteiger partial charge in [-0.25, -0.2) is 0 Å². The third-order valence-corrected chi connectivity index (χ3v) is 3.81. The molecule has 2 fully saturated rings. The zero-order valence-electron chi connectivity index (χ0n) is 10.6. The monoisotopic (exact) mass is 241 g/mol. The van der Waals surface area contributed by atoms with E-state index in [1.54, 1.807) is 0 Å². The first-order valence-electron chi connectivity index (χ1n) is 6.53. The summed E-state index contributed by atoms with van der Waals surface area (Å²) in [5, 5.41) is 0. The molecule has 0 aromatic carbocycles. The molecule has 2 aliphatic rings. The van der Waals surface area contributed by atoms with Gasteiger partial charge >= 0.3 is 0 Å². The lowest BCUT2D eigenvalue weighted by Gasteiger charge is -2.32. The molecule has 2 unspecified atom stereocenters. The highest BCUT2D eigenvalue weighted by Crippen LogP contribution is 2.18. The molecular formula is C12H23N3O2. The van der Waals surface area contributed by atoms with Gasteiger partial charge in [-0.15, -0.1) is 0 Å². The first kappa shape index (κ1) is 12.8. The second-order valence-electron chi connectivity index (χ2n) is 5.01. The van der Waals surface area contributed by atoms with Crippen molar-refractivity contribution >= 4 is 5.91 Å². The van der Waals surface area contributed by atoms with Gasteiger partial charge in [0.2, 0.25) is 5.91 Å². The Morgan fingerprint density at radius 1 is 1.41 bits per heavy atom. The normalized spacial score (nSPS) is 28.4. The van der Waals surface area contributed by atoms with E-state index in [1.807, 2.05) is 11.8 Å². The van der Waals surface area contributed by atoms with Gasteiger partial charge in [0.05, 0.1) is 13.2 Å². The summed E-state index contributed by atoms with van der Waals surface area (Å²) in [6.45, 7) is 7.74. The van der Waals surface area contributed by atoms with Crippen molar-refractivity contribution in [3.63, 3.8) is 0 Å². The van der Waals surface area contributed by atoms with Crippen LogP contribution in [0.25, 0.3) is 0 Å². The van der Waals surface area contributed by atoms with Crippen LogP contribution in [0, 0.1) is 5.92 Å². The zero-order chi connectivity index (χ0) is 12.3. The van der Waals surface area contributed by atoms with E-state index in [0.29, 0.717) is 12.6 Å². The fourth-order valence-electron chi connectivity index (χ4n) is 2.60. The van der Waals surface area contributed by atoms with Gasteiger partial charge in [0, 0.05) is 44.7 Å². The molecule has 2 heterocycles. The number of likely N-dealkylation sites (tertiary alicyclic amines) is 1. The predicted octanol–water partition coefficient (Wildman–Crippen LogP) is -0.486. The second-order valence-corrected chi connectivity index (χ2v) is 5.01. The molecule has 2 aliphatic heterocycles. The molecule has 0 aliphatic carbocycles. The Morgan fingerprint density at radius 3 is 2.76 bits per heavy atom. The van der Waals surface area contributed by atoms with E-state index < -0.39 is 0 Å². The molecule has 1 amide bonds. The van der Waals surface area contributed by atoms with E-state index in [9.17, 15) is 4.79 Å². The van der Waals surface area contributed by atoms with Crippen molar-refractivity contribution in [2.24, 2.45) is 11.7 Å². The smallest absolute Gasteiger partial charge is 0.226 e. The van der Waals surface area contributed by atoms with Crippen LogP contribution in [0.2, 0.25) is 0 Å². The maximum atomic E-state index is 12.0. The molecule has 5 heteroatoms. The summed E-state index contributed by atoms with van der Waals surface area (Å²) >= 11 is 0. The molecule has 0 radical (unpaired) electrons. The number of carbonyl (C=O) groups excluding carboxylic acids is 1. The van der Waals surface area contributed by atoms with E-state index >= 15 is 0 Å². The molecular weight excluding hydrogens is 218 g/mol. The number of nitrogens with zero attached hydrogens (tertiary/aromatic N) is 2. The number of hydrogen-bond acceptors (Lipinski definition) is 4. The molecule has 98 valence electrons. The van der Waals surface area contributed by atoms with Gasteiger partial charge in [-0.2, -0.15) is 0 Å². The quantitative estimate of drug-likeness (QED) is 0.724. The van der Waals surface area contributed by atoms with Gasteiger partial charge < -0.3 is 15.4 Å². The predicted molar refractivity (Wildman–Crippen MR) is 65.6 cm³/mol. The minimum absolute atomic E-state index is 0.0431. The zero-order valence-corrected chi connectivity index (χ0v) is 10.6. The summed E-state index contributed by atoms with van der Waals surface area (Å²) < 4.78 is 5.35. The van der Waals surface area contributed by atoms with Gasteiger partial charge in [0.15, 0.2) is 0 Å². The van der Waals surface area contributed by atoms with E-state index in [-0.39, 0.29) is 11.8 Å². The lowest BCUT2D eigenvalue weighted by atomic mass is 10.1. The largest absolute Gasteiger partial charge is 0.379 e. The van der Waals surface area contributed by atoms with Crippen LogP contribution in [-0.4, -0.2) is 67.7 Å². The topological polar surface area (TPSA) is 58.8 Å². The van der Waals surface area contributed by atoms with E-state index in [1.165, 1.54) is 0 Å². The van der Waals surface area contributed by atoms with E-state index in [0.717, 1.165) is 45.8 Å². The van der Waals surface area contributed by atoms with Crippen molar-refractivity contribution in [1.82, 2.24) is 9.80 Å². The van der Waals surface area contributed by atoms with E-state index in [2.05, 4.69) is 4.90 Å². The molecule has 2 N–H and O–H groups in total. The van der Waals surface area contributed by atoms with Gasteiger partial charge in [0.1, 0.15) is 0 Å². The first-order valence-corrected chi connectivity index (χ1v) is 6.53. The minimum atomic E-state index is -0.0431. The van der Waals surface area contributed by atoms with Crippen LogP contribution < -0.4 is 5.73 Å².